The third-order valence-corrected chi connectivity index (χ3v) is 1.48. The number of rotatable bonds is 2. The SMILES string of the molecule is NCC=Cc1ccc(F)cc1N. The van der Waals surface area contributed by atoms with Crippen molar-refractivity contribution in [3.8, 4) is 0 Å². The second-order valence-corrected chi connectivity index (χ2v) is 2.41. The highest BCUT2D eigenvalue weighted by atomic mass is 19.1. The van der Waals surface area contributed by atoms with Crippen molar-refractivity contribution >= 4 is 11.8 Å². The quantitative estimate of drug-likeness (QED) is 0.652. The Morgan fingerprint density at radius 3 is 2.75 bits per heavy atom. The molecule has 0 fully saturated rings. The summed E-state index contributed by atoms with van der Waals surface area (Å²) in [5, 5.41) is 0. The zero-order valence-corrected chi connectivity index (χ0v) is 6.63. The molecule has 64 valence electrons. The van der Waals surface area contributed by atoms with Crippen molar-refractivity contribution in [2.75, 3.05) is 12.3 Å². The average Bonchev–Trinajstić information content (AvgIpc) is 2.03. The first-order valence-corrected chi connectivity index (χ1v) is 3.65. The van der Waals surface area contributed by atoms with Gasteiger partial charge in [-0.05, 0) is 17.7 Å². The number of benzene rings is 1. The first kappa shape index (κ1) is 8.74. The maximum atomic E-state index is 12.5. The summed E-state index contributed by atoms with van der Waals surface area (Å²) >= 11 is 0. The Labute approximate surface area is 70.7 Å². The molecule has 0 bridgehead atoms. The van der Waals surface area contributed by atoms with Gasteiger partial charge in [0.25, 0.3) is 0 Å². The van der Waals surface area contributed by atoms with Crippen molar-refractivity contribution in [1.82, 2.24) is 0 Å². The van der Waals surface area contributed by atoms with E-state index in [4.69, 9.17) is 11.5 Å². The van der Waals surface area contributed by atoms with Crippen LogP contribution in [0.5, 0.6) is 0 Å². The highest BCUT2D eigenvalue weighted by molar-refractivity contribution is 5.64. The highest BCUT2D eigenvalue weighted by Gasteiger charge is 1.95. The Hall–Kier alpha value is -1.35. The molecule has 1 rings (SSSR count). The molecule has 0 unspecified atom stereocenters. The van der Waals surface area contributed by atoms with Crippen molar-refractivity contribution in [3.63, 3.8) is 0 Å². The minimum absolute atomic E-state index is 0.322. The van der Waals surface area contributed by atoms with E-state index in [2.05, 4.69) is 0 Å². The molecule has 0 aliphatic heterocycles. The van der Waals surface area contributed by atoms with Crippen LogP contribution < -0.4 is 11.5 Å². The number of halogens is 1. The molecule has 0 heterocycles. The third kappa shape index (κ3) is 2.07. The Bertz CT molecular complexity index is 295. The number of hydrogen-bond acceptors (Lipinski definition) is 2. The fourth-order valence-corrected chi connectivity index (χ4v) is 0.892. The van der Waals surface area contributed by atoms with Crippen molar-refractivity contribution < 1.29 is 4.39 Å². The van der Waals surface area contributed by atoms with Crippen LogP contribution in [0.4, 0.5) is 10.1 Å². The molecule has 1 aromatic rings. The van der Waals surface area contributed by atoms with Crippen LogP contribution in [0.15, 0.2) is 24.3 Å². The van der Waals surface area contributed by atoms with Gasteiger partial charge in [0.1, 0.15) is 5.82 Å². The molecule has 0 amide bonds. The second-order valence-electron chi connectivity index (χ2n) is 2.41. The van der Waals surface area contributed by atoms with E-state index in [9.17, 15) is 4.39 Å². The molecule has 4 N–H and O–H groups in total. The van der Waals surface area contributed by atoms with Crippen LogP contribution >= 0.6 is 0 Å². The topological polar surface area (TPSA) is 52.0 Å². The van der Waals surface area contributed by atoms with E-state index >= 15 is 0 Å². The van der Waals surface area contributed by atoms with Gasteiger partial charge in [0.2, 0.25) is 0 Å². The van der Waals surface area contributed by atoms with Gasteiger partial charge in [-0.15, -0.1) is 0 Å². The van der Waals surface area contributed by atoms with E-state index in [1.54, 1.807) is 18.2 Å². The zero-order valence-electron chi connectivity index (χ0n) is 6.63. The largest absolute Gasteiger partial charge is 0.398 e. The monoisotopic (exact) mass is 166 g/mol. The van der Waals surface area contributed by atoms with Crippen molar-refractivity contribution in [3.05, 3.63) is 35.7 Å². The third-order valence-electron chi connectivity index (χ3n) is 1.48. The Morgan fingerprint density at radius 2 is 2.17 bits per heavy atom. The highest BCUT2D eigenvalue weighted by Crippen LogP contribution is 2.14. The lowest BCUT2D eigenvalue weighted by Crippen LogP contribution is -1.94. The Morgan fingerprint density at radius 1 is 1.42 bits per heavy atom. The summed E-state index contributed by atoms with van der Waals surface area (Å²) < 4.78 is 12.5. The van der Waals surface area contributed by atoms with Gasteiger partial charge in [0, 0.05) is 12.2 Å². The van der Waals surface area contributed by atoms with Crippen LogP contribution in [-0.2, 0) is 0 Å². The maximum Gasteiger partial charge on any atom is 0.125 e. The molecule has 0 radical (unpaired) electrons. The number of anilines is 1. The molecule has 0 aliphatic carbocycles. The molecule has 12 heavy (non-hydrogen) atoms. The summed E-state index contributed by atoms with van der Waals surface area (Å²) in [6.45, 7) is 0.455. The van der Waals surface area contributed by atoms with Crippen LogP contribution in [0, 0.1) is 5.82 Å². The van der Waals surface area contributed by atoms with Crippen LogP contribution in [-0.4, -0.2) is 6.54 Å². The van der Waals surface area contributed by atoms with Gasteiger partial charge in [-0.25, -0.2) is 4.39 Å². The molecular weight excluding hydrogens is 155 g/mol. The van der Waals surface area contributed by atoms with Crippen LogP contribution in [0.25, 0.3) is 6.08 Å². The molecule has 2 nitrogen and oxygen atoms in total. The first-order chi connectivity index (χ1) is 5.74. The van der Waals surface area contributed by atoms with E-state index in [1.165, 1.54) is 12.1 Å². The predicted molar refractivity (Wildman–Crippen MR) is 48.9 cm³/mol. The van der Waals surface area contributed by atoms with Crippen LogP contribution in [0.1, 0.15) is 5.56 Å². The molecule has 3 heteroatoms. The summed E-state index contributed by atoms with van der Waals surface area (Å²) in [7, 11) is 0. The fraction of sp³-hybridized carbons (Fsp3) is 0.111. The molecule has 0 saturated heterocycles. The van der Waals surface area contributed by atoms with Gasteiger partial charge >= 0.3 is 0 Å². The van der Waals surface area contributed by atoms with Gasteiger partial charge < -0.3 is 11.5 Å². The minimum Gasteiger partial charge on any atom is -0.398 e. The van der Waals surface area contributed by atoms with Gasteiger partial charge in [-0.2, -0.15) is 0 Å². The lowest BCUT2D eigenvalue weighted by atomic mass is 10.1. The molecule has 1 aromatic carbocycles. The summed E-state index contributed by atoms with van der Waals surface area (Å²) in [4.78, 5) is 0. The van der Waals surface area contributed by atoms with E-state index in [0.717, 1.165) is 5.56 Å². The lowest BCUT2D eigenvalue weighted by Gasteiger charge is -1.98. The lowest BCUT2D eigenvalue weighted by molar-refractivity contribution is 0.628. The van der Waals surface area contributed by atoms with Gasteiger partial charge in [0.15, 0.2) is 0 Å². The van der Waals surface area contributed by atoms with Gasteiger partial charge in [0.05, 0.1) is 0 Å². The number of hydrogen-bond donors (Lipinski definition) is 2. The summed E-state index contributed by atoms with van der Waals surface area (Å²) in [6.07, 6.45) is 3.54. The standard InChI is InChI=1S/C9H11FN2/c10-8-4-3-7(2-1-5-11)9(12)6-8/h1-4,6H,5,11-12H2. The Kier molecular flexibility index (Phi) is 2.82. The van der Waals surface area contributed by atoms with Crippen molar-refractivity contribution in [2.45, 2.75) is 0 Å². The van der Waals surface area contributed by atoms with E-state index < -0.39 is 0 Å². The van der Waals surface area contributed by atoms with Crippen molar-refractivity contribution in [2.24, 2.45) is 5.73 Å². The normalized spacial score (nSPS) is 10.8. The summed E-state index contributed by atoms with van der Waals surface area (Å²) in [5.74, 6) is -0.322. The smallest absolute Gasteiger partial charge is 0.125 e. The summed E-state index contributed by atoms with van der Waals surface area (Å²) in [5.41, 5.74) is 12.0. The second kappa shape index (κ2) is 3.88. The fourth-order valence-electron chi connectivity index (χ4n) is 0.892. The van der Waals surface area contributed by atoms with Gasteiger partial charge in [-0.3, -0.25) is 0 Å². The van der Waals surface area contributed by atoms with Gasteiger partial charge in [-0.1, -0.05) is 18.2 Å². The zero-order chi connectivity index (χ0) is 8.97. The molecule has 0 saturated carbocycles. The number of nitrogen functional groups attached to an aromatic ring is 1. The summed E-state index contributed by atoms with van der Waals surface area (Å²) in [6, 6.07) is 4.28. The molecule has 0 aliphatic rings. The van der Waals surface area contributed by atoms with E-state index in [-0.39, 0.29) is 5.82 Å². The molecular formula is C9H11FN2. The molecule has 0 spiro atoms. The van der Waals surface area contributed by atoms with Crippen LogP contribution in [0.3, 0.4) is 0 Å². The molecule has 0 aromatic heterocycles. The van der Waals surface area contributed by atoms with Crippen LogP contribution in [0.2, 0.25) is 0 Å². The molecule has 0 atom stereocenters. The Balaban J connectivity index is 2.94. The average molecular weight is 166 g/mol. The van der Waals surface area contributed by atoms with Crippen molar-refractivity contribution in [1.29, 1.82) is 0 Å². The minimum atomic E-state index is -0.322. The maximum absolute atomic E-state index is 12.5. The predicted octanol–water partition coefficient (Wildman–Crippen LogP) is 1.38. The number of nitrogens with two attached hydrogens (primary N) is 2. The van der Waals surface area contributed by atoms with E-state index in [1.807, 2.05) is 0 Å². The van der Waals surface area contributed by atoms with E-state index in [0.29, 0.717) is 12.2 Å². The first-order valence-electron chi connectivity index (χ1n) is 3.65.